The zero-order chi connectivity index (χ0) is 23.1. The van der Waals surface area contributed by atoms with Crippen LogP contribution in [0.4, 0.5) is 10.1 Å². The van der Waals surface area contributed by atoms with Crippen LogP contribution in [-0.4, -0.2) is 43.1 Å². The van der Waals surface area contributed by atoms with Crippen LogP contribution in [0.2, 0.25) is 0 Å². The minimum Gasteiger partial charge on any atom is -0.493 e. The molecule has 32 heavy (non-hydrogen) atoms. The molecule has 1 aliphatic heterocycles. The maximum Gasteiger partial charge on any atom is 0.278 e. The highest BCUT2D eigenvalue weighted by Crippen LogP contribution is 2.31. The number of anilines is 1. The van der Waals surface area contributed by atoms with E-state index in [-0.39, 0.29) is 29.5 Å². The van der Waals surface area contributed by atoms with Crippen LogP contribution >= 0.6 is 0 Å². The van der Waals surface area contributed by atoms with E-state index in [1.54, 1.807) is 24.3 Å². The Morgan fingerprint density at radius 1 is 1.00 bits per heavy atom. The van der Waals surface area contributed by atoms with Crippen LogP contribution in [0.25, 0.3) is 5.57 Å². The van der Waals surface area contributed by atoms with Gasteiger partial charge >= 0.3 is 0 Å². The van der Waals surface area contributed by atoms with Gasteiger partial charge in [-0.05, 0) is 61.2 Å². The third-order valence-electron chi connectivity index (χ3n) is 4.88. The highest BCUT2D eigenvalue weighted by atomic mass is 19.1. The number of carbonyl (C=O) groups is 2. The summed E-state index contributed by atoms with van der Waals surface area (Å²) in [5, 5.41) is 3.02. The molecule has 0 bridgehead atoms. The van der Waals surface area contributed by atoms with Gasteiger partial charge in [0.2, 0.25) is 0 Å². The van der Waals surface area contributed by atoms with E-state index in [9.17, 15) is 14.0 Å². The quantitative estimate of drug-likeness (QED) is 0.412. The number of hydrogen-bond acceptors (Lipinski definition) is 5. The molecule has 0 saturated carbocycles. The van der Waals surface area contributed by atoms with Crippen molar-refractivity contribution in [2.24, 2.45) is 5.92 Å². The molecule has 1 N–H and O–H groups in total. The van der Waals surface area contributed by atoms with Gasteiger partial charge in [-0.2, -0.15) is 0 Å². The lowest BCUT2D eigenvalue weighted by Crippen LogP contribution is -2.34. The van der Waals surface area contributed by atoms with Crippen molar-refractivity contribution in [3.63, 3.8) is 0 Å². The molecule has 1 aliphatic rings. The fourth-order valence-corrected chi connectivity index (χ4v) is 3.29. The molecular weight excluding hydrogens is 411 g/mol. The average Bonchev–Trinajstić information content (AvgIpc) is 3.01. The first-order valence-electron chi connectivity index (χ1n) is 10.8. The van der Waals surface area contributed by atoms with Crippen LogP contribution in [0, 0.1) is 11.7 Å². The lowest BCUT2D eigenvalue weighted by Gasteiger charge is -2.15. The molecule has 0 fully saturated rings. The maximum atomic E-state index is 13.3. The fourth-order valence-electron chi connectivity index (χ4n) is 3.29. The van der Waals surface area contributed by atoms with Crippen LogP contribution < -0.4 is 10.1 Å². The van der Waals surface area contributed by atoms with Gasteiger partial charge in [0.15, 0.2) is 0 Å². The average molecular weight is 441 g/mol. The number of benzene rings is 2. The summed E-state index contributed by atoms with van der Waals surface area (Å²) in [6.45, 7) is 7.91. The van der Waals surface area contributed by atoms with E-state index in [1.165, 1.54) is 29.2 Å². The normalized spacial score (nSPS) is 14.0. The highest BCUT2D eigenvalue weighted by Gasteiger charge is 2.38. The van der Waals surface area contributed by atoms with E-state index in [0.29, 0.717) is 49.2 Å². The molecule has 0 spiro atoms. The van der Waals surface area contributed by atoms with E-state index in [1.807, 2.05) is 6.92 Å². The fraction of sp³-hybridized carbons (Fsp3) is 0.360. The molecule has 7 heteroatoms. The van der Waals surface area contributed by atoms with Gasteiger partial charge in [-0.3, -0.25) is 14.5 Å². The second-order valence-corrected chi connectivity index (χ2v) is 7.92. The predicted molar refractivity (Wildman–Crippen MR) is 122 cm³/mol. The number of nitrogens with one attached hydrogen (secondary N) is 1. The molecule has 0 unspecified atom stereocenters. The monoisotopic (exact) mass is 440 g/mol. The van der Waals surface area contributed by atoms with Crippen molar-refractivity contribution in [3.05, 3.63) is 65.6 Å². The first-order chi connectivity index (χ1) is 15.4. The third kappa shape index (κ3) is 5.73. The molecule has 170 valence electrons. The minimum absolute atomic E-state index is 0.175. The van der Waals surface area contributed by atoms with Gasteiger partial charge in [0, 0.05) is 25.4 Å². The summed E-state index contributed by atoms with van der Waals surface area (Å²) < 4.78 is 24.4. The summed E-state index contributed by atoms with van der Waals surface area (Å²) in [4.78, 5) is 27.6. The Morgan fingerprint density at radius 2 is 1.69 bits per heavy atom. The van der Waals surface area contributed by atoms with Gasteiger partial charge < -0.3 is 14.8 Å². The Morgan fingerprint density at radius 3 is 2.31 bits per heavy atom. The number of imide groups is 1. The number of ether oxygens (including phenoxy) is 2. The van der Waals surface area contributed by atoms with Gasteiger partial charge in [-0.25, -0.2) is 4.39 Å². The maximum absolute atomic E-state index is 13.3. The number of amides is 2. The lowest BCUT2D eigenvalue weighted by atomic mass is 10.0. The first kappa shape index (κ1) is 23.5. The molecule has 1 heterocycles. The third-order valence-corrected chi connectivity index (χ3v) is 4.88. The SMILES string of the molecule is CCOCCCN1C(=O)C(Nc2ccc(F)cc2)=C(c2ccc(OCC(C)C)cc2)C1=O. The van der Waals surface area contributed by atoms with Crippen molar-refractivity contribution < 1.29 is 23.5 Å². The van der Waals surface area contributed by atoms with E-state index in [2.05, 4.69) is 19.2 Å². The topological polar surface area (TPSA) is 67.9 Å². The zero-order valence-electron chi connectivity index (χ0n) is 18.7. The Labute approximate surface area is 188 Å². The number of halogens is 1. The summed E-state index contributed by atoms with van der Waals surface area (Å²) >= 11 is 0. The van der Waals surface area contributed by atoms with Crippen molar-refractivity contribution in [2.75, 3.05) is 31.7 Å². The van der Waals surface area contributed by atoms with Crippen LogP contribution in [0.15, 0.2) is 54.2 Å². The lowest BCUT2D eigenvalue weighted by molar-refractivity contribution is -0.137. The van der Waals surface area contributed by atoms with Gasteiger partial charge in [0.05, 0.1) is 12.2 Å². The smallest absolute Gasteiger partial charge is 0.278 e. The molecule has 2 aromatic rings. The molecule has 0 radical (unpaired) electrons. The molecule has 6 nitrogen and oxygen atoms in total. The molecular formula is C25H29FN2O4. The molecule has 0 aromatic heterocycles. The van der Waals surface area contributed by atoms with Gasteiger partial charge in [0.25, 0.3) is 11.8 Å². The summed E-state index contributed by atoms with van der Waals surface area (Å²) in [6.07, 6.45) is 0.546. The number of nitrogens with zero attached hydrogens (tertiary/aromatic N) is 1. The van der Waals surface area contributed by atoms with E-state index >= 15 is 0 Å². The van der Waals surface area contributed by atoms with E-state index in [0.717, 1.165) is 0 Å². The molecule has 2 aromatic carbocycles. The summed E-state index contributed by atoms with van der Waals surface area (Å²) in [6, 6.07) is 12.8. The van der Waals surface area contributed by atoms with Crippen LogP contribution in [-0.2, 0) is 14.3 Å². The van der Waals surface area contributed by atoms with Gasteiger partial charge in [-0.1, -0.05) is 26.0 Å². The predicted octanol–water partition coefficient (Wildman–Crippen LogP) is 4.48. The Bertz CT molecular complexity index is 968. The van der Waals surface area contributed by atoms with Crippen LogP contribution in [0.1, 0.15) is 32.8 Å². The van der Waals surface area contributed by atoms with Gasteiger partial charge in [-0.15, -0.1) is 0 Å². The summed E-state index contributed by atoms with van der Waals surface area (Å²) in [5.41, 5.74) is 1.59. The second kappa shape index (κ2) is 10.9. The first-order valence-corrected chi connectivity index (χ1v) is 10.8. The van der Waals surface area contributed by atoms with Crippen molar-refractivity contribution in [2.45, 2.75) is 27.2 Å². The Kier molecular flexibility index (Phi) is 8.00. The van der Waals surface area contributed by atoms with Gasteiger partial charge in [0.1, 0.15) is 17.3 Å². The van der Waals surface area contributed by atoms with E-state index < -0.39 is 5.91 Å². The number of carbonyl (C=O) groups excluding carboxylic acids is 2. The van der Waals surface area contributed by atoms with Crippen molar-refractivity contribution in [3.8, 4) is 5.75 Å². The highest BCUT2D eigenvalue weighted by molar-refractivity contribution is 6.36. The summed E-state index contributed by atoms with van der Waals surface area (Å²) in [7, 11) is 0. The Balaban J connectivity index is 1.88. The van der Waals surface area contributed by atoms with Crippen LogP contribution in [0.5, 0.6) is 5.75 Å². The minimum atomic E-state index is -0.411. The standard InChI is InChI=1S/C25H29FN2O4/c1-4-31-15-5-14-28-24(29)22(18-6-12-21(13-7-18)32-16-17(2)3)23(25(28)30)27-20-10-8-19(26)9-11-20/h6-13,17,27H,4-5,14-16H2,1-3H3. The van der Waals surface area contributed by atoms with E-state index in [4.69, 9.17) is 9.47 Å². The second-order valence-electron chi connectivity index (χ2n) is 7.92. The molecule has 3 rings (SSSR count). The molecule has 0 atom stereocenters. The molecule has 0 aliphatic carbocycles. The van der Waals surface area contributed by atoms with Crippen molar-refractivity contribution in [1.82, 2.24) is 4.90 Å². The number of rotatable bonds is 11. The molecule has 2 amide bonds. The van der Waals surface area contributed by atoms with Crippen molar-refractivity contribution >= 4 is 23.1 Å². The zero-order valence-corrected chi connectivity index (χ0v) is 18.7. The van der Waals surface area contributed by atoms with Crippen molar-refractivity contribution in [1.29, 1.82) is 0 Å². The number of hydrogen-bond donors (Lipinski definition) is 1. The molecule has 0 saturated heterocycles. The summed E-state index contributed by atoms with van der Waals surface area (Å²) in [5.74, 6) is -0.0735. The Hall–Kier alpha value is -3.19. The van der Waals surface area contributed by atoms with Crippen LogP contribution in [0.3, 0.4) is 0 Å². The largest absolute Gasteiger partial charge is 0.493 e.